The molecule has 0 bridgehead atoms. The first-order valence-electron chi connectivity index (χ1n) is 15.2. The number of hydrogen-bond donors (Lipinski definition) is 0. The Morgan fingerprint density at radius 3 is 2.18 bits per heavy atom. The summed E-state index contributed by atoms with van der Waals surface area (Å²) in [4.78, 5) is 2.46. The highest BCUT2D eigenvalue weighted by molar-refractivity contribution is 6.92. The van der Waals surface area contributed by atoms with Gasteiger partial charge in [0.05, 0.1) is 0 Å². The summed E-state index contributed by atoms with van der Waals surface area (Å²) in [5.74, 6) is 0. The Hall–Kier alpha value is -5.74. The maximum absolute atomic E-state index is 6.67. The SMILES string of the molecule is c1ccc(N2c3cc4oc5ccccc5c4c4c3B(c3c2ccc2ccccc32)n2c3ccccc3c3cccc-4c32)cc1. The van der Waals surface area contributed by atoms with Gasteiger partial charge in [0, 0.05) is 61.3 Å². The van der Waals surface area contributed by atoms with E-state index in [1.54, 1.807) is 0 Å². The summed E-state index contributed by atoms with van der Waals surface area (Å²) in [7, 11) is 0. The zero-order valence-corrected chi connectivity index (χ0v) is 23.7. The molecule has 11 rings (SSSR count). The third kappa shape index (κ3) is 2.66. The van der Waals surface area contributed by atoms with Gasteiger partial charge in [0.25, 0.3) is 0 Å². The fourth-order valence-electron chi connectivity index (χ4n) is 8.31. The van der Waals surface area contributed by atoms with E-state index in [4.69, 9.17) is 4.42 Å². The highest BCUT2D eigenvalue weighted by atomic mass is 16.3. The van der Waals surface area contributed by atoms with E-state index in [0.29, 0.717) is 0 Å². The lowest BCUT2D eigenvalue weighted by atomic mass is 9.44. The van der Waals surface area contributed by atoms with Crippen molar-refractivity contribution in [3.63, 3.8) is 0 Å². The maximum atomic E-state index is 6.67. The molecule has 0 amide bonds. The molecule has 0 N–H and O–H groups in total. The van der Waals surface area contributed by atoms with E-state index >= 15 is 0 Å². The second kappa shape index (κ2) is 8.00. The minimum atomic E-state index is -0.0172. The van der Waals surface area contributed by atoms with Crippen LogP contribution in [0.5, 0.6) is 0 Å². The molecule has 2 aliphatic rings. The summed E-state index contributed by atoms with van der Waals surface area (Å²) in [6.45, 7) is -0.0172. The lowest BCUT2D eigenvalue weighted by Crippen LogP contribution is -2.57. The first-order valence-corrected chi connectivity index (χ1v) is 15.2. The Morgan fingerprint density at radius 1 is 0.523 bits per heavy atom. The molecule has 0 saturated heterocycles. The molecule has 2 aromatic heterocycles. The number of fused-ring (bicyclic) bond motifs is 13. The highest BCUT2D eigenvalue weighted by Gasteiger charge is 2.44. The lowest BCUT2D eigenvalue weighted by Gasteiger charge is -2.41. The minimum Gasteiger partial charge on any atom is -0.456 e. The van der Waals surface area contributed by atoms with E-state index in [9.17, 15) is 0 Å². The van der Waals surface area contributed by atoms with E-state index in [-0.39, 0.29) is 6.85 Å². The molecule has 0 radical (unpaired) electrons. The summed E-state index contributed by atoms with van der Waals surface area (Å²) in [6.07, 6.45) is 0. The fraction of sp³-hybridized carbons (Fsp3) is 0. The summed E-state index contributed by atoms with van der Waals surface area (Å²) < 4.78 is 9.30. The number of aromatic nitrogens is 1. The normalized spacial score (nSPS) is 13.4. The Bertz CT molecular complexity index is 2680. The van der Waals surface area contributed by atoms with Gasteiger partial charge in [-0.3, -0.25) is 0 Å². The summed E-state index contributed by atoms with van der Waals surface area (Å²) in [5.41, 5.74) is 13.1. The molecule has 44 heavy (non-hydrogen) atoms. The van der Waals surface area contributed by atoms with Crippen molar-refractivity contribution in [3.05, 3.63) is 140 Å². The van der Waals surface area contributed by atoms with Crippen molar-refractivity contribution in [1.29, 1.82) is 0 Å². The van der Waals surface area contributed by atoms with Crippen LogP contribution in [0.4, 0.5) is 17.1 Å². The number of rotatable bonds is 1. The van der Waals surface area contributed by atoms with Gasteiger partial charge in [0.1, 0.15) is 11.2 Å². The Morgan fingerprint density at radius 2 is 1.27 bits per heavy atom. The molecule has 0 spiro atoms. The highest BCUT2D eigenvalue weighted by Crippen LogP contribution is 2.49. The van der Waals surface area contributed by atoms with Crippen molar-refractivity contribution in [3.8, 4) is 11.1 Å². The molecule has 3 nitrogen and oxygen atoms in total. The molecular formula is C40H23BN2O. The van der Waals surface area contributed by atoms with Crippen LogP contribution < -0.4 is 15.8 Å². The average Bonchev–Trinajstić information content (AvgIpc) is 3.63. The Labute approximate surface area is 253 Å². The van der Waals surface area contributed by atoms with Gasteiger partial charge in [0.15, 0.2) is 0 Å². The molecular weight excluding hydrogens is 535 g/mol. The number of furan rings is 1. The van der Waals surface area contributed by atoms with Crippen molar-refractivity contribution < 1.29 is 4.42 Å². The van der Waals surface area contributed by atoms with Gasteiger partial charge in [-0.25, -0.2) is 0 Å². The van der Waals surface area contributed by atoms with Gasteiger partial charge in [-0.1, -0.05) is 103 Å². The molecule has 9 aromatic rings. The molecule has 0 unspecified atom stereocenters. The van der Waals surface area contributed by atoms with Crippen molar-refractivity contribution in [2.45, 2.75) is 0 Å². The first kappa shape index (κ1) is 22.8. The number of hydrogen-bond acceptors (Lipinski definition) is 2. The van der Waals surface area contributed by atoms with E-state index in [1.165, 1.54) is 71.4 Å². The monoisotopic (exact) mass is 558 g/mol. The largest absolute Gasteiger partial charge is 0.456 e. The molecule has 4 heteroatoms. The molecule has 2 aliphatic heterocycles. The van der Waals surface area contributed by atoms with Gasteiger partial charge in [-0.15, -0.1) is 0 Å². The smallest absolute Gasteiger partial charge is 0.333 e. The third-order valence-electron chi connectivity index (χ3n) is 9.93. The summed E-state index contributed by atoms with van der Waals surface area (Å²) in [5, 5.41) is 7.49. The molecule has 4 heterocycles. The van der Waals surface area contributed by atoms with Crippen LogP contribution in [0, 0.1) is 0 Å². The lowest BCUT2D eigenvalue weighted by molar-refractivity contribution is 0.669. The van der Waals surface area contributed by atoms with Crippen LogP contribution in [0.1, 0.15) is 0 Å². The van der Waals surface area contributed by atoms with Crippen LogP contribution in [0.3, 0.4) is 0 Å². The second-order valence-electron chi connectivity index (χ2n) is 12.0. The van der Waals surface area contributed by atoms with Crippen LogP contribution in [-0.2, 0) is 0 Å². The third-order valence-corrected chi connectivity index (χ3v) is 9.93. The maximum Gasteiger partial charge on any atom is 0.333 e. The Kier molecular flexibility index (Phi) is 4.15. The quantitative estimate of drug-likeness (QED) is 0.187. The van der Waals surface area contributed by atoms with Gasteiger partial charge < -0.3 is 13.8 Å². The van der Waals surface area contributed by atoms with Crippen molar-refractivity contribution in [2.75, 3.05) is 4.90 Å². The molecule has 202 valence electrons. The van der Waals surface area contributed by atoms with Crippen LogP contribution in [-0.4, -0.2) is 11.3 Å². The van der Waals surface area contributed by atoms with E-state index in [0.717, 1.165) is 22.2 Å². The van der Waals surface area contributed by atoms with Crippen molar-refractivity contribution in [2.24, 2.45) is 0 Å². The van der Waals surface area contributed by atoms with Crippen LogP contribution in [0.15, 0.2) is 144 Å². The van der Waals surface area contributed by atoms with E-state index in [2.05, 4.69) is 149 Å². The number of nitrogens with zero attached hydrogens (tertiary/aromatic N) is 2. The van der Waals surface area contributed by atoms with Crippen molar-refractivity contribution in [1.82, 2.24) is 4.48 Å². The van der Waals surface area contributed by atoms with Crippen LogP contribution in [0.25, 0.3) is 65.6 Å². The van der Waals surface area contributed by atoms with Crippen LogP contribution in [0.2, 0.25) is 0 Å². The van der Waals surface area contributed by atoms with Gasteiger partial charge >= 0.3 is 6.85 Å². The zero-order valence-electron chi connectivity index (χ0n) is 23.7. The van der Waals surface area contributed by atoms with Crippen LogP contribution >= 0.6 is 0 Å². The predicted molar refractivity (Wildman–Crippen MR) is 185 cm³/mol. The standard InChI is InChI=1S/C40H23BN2O/c1-2-12-25(13-3-1)42-32-22-21-24-11-4-5-14-26(24)38(32)41-39-33(42)23-35-36(29-16-7-9-20-34(29)44-35)37(39)30-18-10-17-28-27-15-6-8-19-31(27)43(41)40(28)30/h1-23H. The summed E-state index contributed by atoms with van der Waals surface area (Å²) in [6, 6.07) is 50.8. The second-order valence-corrected chi connectivity index (χ2v) is 12.0. The summed E-state index contributed by atoms with van der Waals surface area (Å²) >= 11 is 0. The van der Waals surface area contributed by atoms with Gasteiger partial charge in [-0.05, 0) is 57.6 Å². The first-order chi connectivity index (χ1) is 21.9. The van der Waals surface area contributed by atoms with E-state index in [1.807, 2.05) is 0 Å². The average molecular weight is 558 g/mol. The molecule has 7 aromatic carbocycles. The fourth-order valence-corrected chi connectivity index (χ4v) is 8.31. The van der Waals surface area contributed by atoms with E-state index < -0.39 is 0 Å². The molecule has 0 atom stereocenters. The molecule has 0 fully saturated rings. The number of anilines is 3. The predicted octanol–water partition coefficient (Wildman–Crippen LogP) is 9.26. The molecule has 0 saturated carbocycles. The van der Waals surface area contributed by atoms with Gasteiger partial charge in [0.2, 0.25) is 0 Å². The number of para-hydroxylation sites is 4. The number of benzene rings is 7. The van der Waals surface area contributed by atoms with Crippen molar-refractivity contribution >= 4 is 89.4 Å². The zero-order chi connectivity index (χ0) is 28.5. The minimum absolute atomic E-state index is 0.0172. The molecule has 0 aliphatic carbocycles. The Balaban J connectivity index is 1.44. The topological polar surface area (TPSA) is 21.3 Å². The van der Waals surface area contributed by atoms with Gasteiger partial charge in [-0.2, -0.15) is 0 Å².